The molecular formula is C23H23N5O4. The van der Waals surface area contributed by atoms with Crippen LogP contribution in [0, 0.1) is 0 Å². The van der Waals surface area contributed by atoms with Crippen molar-refractivity contribution in [2.24, 2.45) is 5.73 Å². The Kier molecular flexibility index (Phi) is 4.90. The van der Waals surface area contributed by atoms with Crippen molar-refractivity contribution in [1.82, 2.24) is 10.2 Å². The minimum absolute atomic E-state index is 0.0948. The minimum atomic E-state index is -0.969. The Morgan fingerprint density at radius 1 is 1.00 bits per heavy atom. The number of nitrogens with one attached hydrogen (secondary N) is 2. The summed E-state index contributed by atoms with van der Waals surface area (Å²) in [4.78, 5) is 53.0. The van der Waals surface area contributed by atoms with E-state index in [1.165, 1.54) is 0 Å². The second kappa shape index (κ2) is 7.76. The zero-order valence-electron chi connectivity index (χ0n) is 17.3. The second-order valence-corrected chi connectivity index (χ2v) is 8.35. The highest BCUT2D eigenvalue weighted by Crippen LogP contribution is 2.30. The van der Waals surface area contributed by atoms with Crippen LogP contribution in [0.25, 0.3) is 0 Å². The Morgan fingerprint density at radius 3 is 2.44 bits per heavy atom. The first-order valence-electron chi connectivity index (χ1n) is 10.6. The first-order valence-corrected chi connectivity index (χ1v) is 10.6. The van der Waals surface area contributed by atoms with Gasteiger partial charge in [-0.15, -0.1) is 0 Å². The molecule has 3 aliphatic rings. The third kappa shape index (κ3) is 3.40. The van der Waals surface area contributed by atoms with Gasteiger partial charge in [-0.25, -0.2) is 0 Å². The molecule has 2 aromatic carbocycles. The fourth-order valence-corrected chi connectivity index (χ4v) is 4.44. The highest BCUT2D eigenvalue weighted by molar-refractivity contribution is 6.24. The molecule has 0 spiro atoms. The van der Waals surface area contributed by atoms with E-state index in [0.717, 1.165) is 29.4 Å². The molecule has 1 atom stereocenters. The quantitative estimate of drug-likeness (QED) is 0.597. The molecule has 0 radical (unpaired) electrons. The van der Waals surface area contributed by atoms with E-state index >= 15 is 0 Å². The van der Waals surface area contributed by atoms with Crippen molar-refractivity contribution in [3.63, 3.8) is 0 Å². The van der Waals surface area contributed by atoms with Gasteiger partial charge in [0.1, 0.15) is 6.04 Å². The molecule has 0 saturated carbocycles. The Bertz CT molecular complexity index is 1120. The summed E-state index contributed by atoms with van der Waals surface area (Å²) in [6, 6.07) is 12.3. The zero-order valence-corrected chi connectivity index (χ0v) is 17.3. The van der Waals surface area contributed by atoms with E-state index in [9.17, 15) is 19.2 Å². The summed E-state index contributed by atoms with van der Waals surface area (Å²) >= 11 is 0. The normalized spacial score (nSPS) is 20.8. The van der Waals surface area contributed by atoms with E-state index in [-0.39, 0.29) is 24.4 Å². The molecule has 3 aliphatic heterocycles. The van der Waals surface area contributed by atoms with Gasteiger partial charge in [-0.1, -0.05) is 12.1 Å². The first kappa shape index (κ1) is 20.2. The molecule has 4 amide bonds. The van der Waals surface area contributed by atoms with Crippen molar-refractivity contribution < 1.29 is 19.2 Å². The van der Waals surface area contributed by atoms with E-state index in [0.29, 0.717) is 17.7 Å². The molecule has 2 aromatic rings. The third-order valence-electron chi connectivity index (χ3n) is 6.18. The molecule has 164 valence electrons. The maximum absolute atomic E-state index is 13.1. The van der Waals surface area contributed by atoms with Gasteiger partial charge in [0, 0.05) is 43.5 Å². The number of carbonyl (C=O) groups excluding carboxylic acids is 4. The third-order valence-corrected chi connectivity index (χ3v) is 6.18. The summed E-state index contributed by atoms with van der Waals surface area (Å²) in [5.74, 6) is -2.01. The maximum Gasteiger partial charge on any atom is 0.262 e. The summed E-state index contributed by atoms with van der Waals surface area (Å²) in [5.41, 5.74) is 9.09. The zero-order chi connectivity index (χ0) is 22.4. The van der Waals surface area contributed by atoms with Crippen LogP contribution in [0.5, 0.6) is 0 Å². The van der Waals surface area contributed by atoms with Gasteiger partial charge in [0.05, 0.1) is 11.1 Å². The lowest BCUT2D eigenvalue weighted by molar-refractivity contribution is -0.136. The van der Waals surface area contributed by atoms with E-state index in [1.807, 2.05) is 24.3 Å². The van der Waals surface area contributed by atoms with Crippen LogP contribution in [0.4, 0.5) is 11.4 Å². The number of anilines is 2. The average molecular weight is 433 g/mol. The summed E-state index contributed by atoms with van der Waals surface area (Å²) in [6.07, 6.45) is 0.232. The Morgan fingerprint density at radius 2 is 1.75 bits per heavy atom. The van der Waals surface area contributed by atoms with Gasteiger partial charge in [0.25, 0.3) is 11.8 Å². The summed E-state index contributed by atoms with van der Waals surface area (Å²) in [5, 5.41) is 5.51. The van der Waals surface area contributed by atoms with Crippen LogP contribution in [0.3, 0.4) is 0 Å². The molecule has 4 N–H and O–H groups in total. The largest absolute Gasteiger partial charge is 0.381 e. The molecule has 5 rings (SSSR count). The Balaban J connectivity index is 1.32. The molecule has 1 unspecified atom stereocenters. The van der Waals surface area contributed by atoms with Crippen molar-refractivity contribution in [2.45, 2.75) is 31.5 Å². The number of amides is 4. The smallest absolute Gasteiger partial charge is 0.262 e. The van der Waals surface area contributed by atoms with Gasteiger partial charge in [-0.05, 0) is 42.3 Å². The van der Waals surface area contributed by atoms with Crippen molar-refractivity contribution >= 4 is 35.0 Å². The first-order chi connectivity index (χ1) is 15.4. The number of hydrogen-bond donors (Lipinski definition) is 3. The summed E-state index contributed by atoms with van der Waals surface area (Å²) in [6.45, 7) is 2.05. The number of piperidine rings is 1. The number of nitrogens with two attached hydrogens (primary N) is 1. The van der Waals surface area contributed by atoms with E-state index in [1.54, 1.807) is 18.2 Å². The fraction of sp³-hybridized carbons (Fsp3) is 0.304. The van der Waals surface area contributed by atoms with Gasteiger partial charge in [0.15, 0.2) is 0 Å². The van der Waals surface area contributed by atoms with Crippen LogP contribution in [0.1, 0.15) is 39.1 Å². The molecule has 32 heavy (non-hydrogen) atoms. The number of nitrogens with zero attached hydrogens (tertiary/aromatic N) is 2. The number of imide groups is 2. The van der Waals surface area contributed by atoms with Crippen molar-refractivity contribution in [1.29, 1.82) is 0 Å². The van der Waals surface area contributed by atoms with Crippen LogP contribution in [0.15, 0.2) is 42.5 Å². The van der Waals surface area contributed by atoms with Crippen LogP contribution in [-0.2, 0) is 16.1 Å². The average Bonchev–Trinajstić information content (AvgIpc) is 3.01. The number of hydrogen-bond acceptors (Lipinski definition) is 7. The summed E-state index contributed by atoms with van der Waals surface area (Å²) < 4.78 is 0. The van der Waals surface area contributed by atoms with Gasteiger partial charge in [-0.2, -0.15) is 0 Å². The number of rotatable bonds is 5. The molecule has 0 bridgehead atoms. The molecule has 2 fully saturated rings. The topological polar surface area (TPSA) is 125 Å². The lowest BCUT2D eigenvalue weighted by atomic mass is 10.0. The van der Waals surface area contributed by atoms with Crippen LogP contribution in [-0.4, -0.2) is 53.7 Å². The predicted molar refractivity (Wildman–Crippen MR) is 117 cm³/mol. The standard InChI is InChI=1S/C23H23N5O4/c24-14-11-27(12-14)16-6-4-15(5-7-16)25-10-13-2-1-3-17-20(13)23(32)28(22(17)31)18-8-9-19(29)26-21(18)30/h1-7,14,18,25H,8-12,24H2,(H,26,29,30). The molecule has 9 heteroatoms. The van der Waals surface area contributed by atoms with Crippen LogP contribution >= 0.6 is 0 Å². The van der Waals surface area contributed by atoms with E-state index < -0.39 is 29.7 Å². The van der Waals surface area contributed by atoms with Gasteiger partial charge in [-0.3, -0.25) is 29.4 Å². The lowest BCUT2D eigenvalue weighted by Crippen LogP contribution is -2.55. The Hall–Kier alpha value is -3.72. The van der Waals surface area contributed by atoms with E-state index in [2.05, 4.69) is 15.5 Å². The molecule has 0 aromatic heterocycles. The molecule has 3 heterocycles. The minimum Gasteiger partial charge on any atom is -0.381 e. The lowest BCUT2D eigenvalue weighted by Gasteiger charge is -2.38. The van der Waals surface area contributed by atoms with Gasteiger partial charge < -0.3 is 16.0 Å². The van der Waals surface area contributed by atoms with Crippen molar-refractivity contribution in [3.8, 4) is 0 Å². The molecule has 0 aliphatic carbocycles. The highest BCUT2D eigenvalue weighted by atomic mass is 16.2. The van der Waals surface area contributed by atoms with Crippen molar-refractivity contribution in [3.05, 3.63) is 59.2 Å². The Labute approximate surface area is 184 Å². The number of fused-ring (bicyclic) bond motifs is 1. The van der Waals surface area contributed by atoms with Crippen LogP contribution < -0.4 is 21.3 Å². The SMILES string of the molecule is NC1CN(c2ccc(NCc3cccc4c3C(=O)N(C3CCC(=O)NC3=O)C4=O)cc2)C1. The van der Waals surface area contributed by atoms with Gasteiger partial charge in [0.2, 0.25) is 11.8 Å². The second-order valence-electron chi connectivity index (χ2n) is 8.35. The number of benzene rings is 2. The molecule has 9 nitrogen and oxygen atoms in total. The maximum atomic E-state index is 13.1. The molecular weight excluding hydrogens is 410 g/mol. The van der Waals surface area contributed by atoms with Crippen molar-refractivity contribution in [2.75, 3.05) is 23.3 Å². The number of carbonyl (C=O) groups is 4. The fourth-order valence-electron chi connectivity index (χ4n) is 4.44. The van der Waals surface area contributed by atoms with E-state index in [4.69, 9.17) is 5.73 Å². The highest BCUT2D eigenvalue weighted by Gasteiger charge is 2.45. The van der Waals surface area contributed by atoms with Crippen LogP contribution in [0.2, 0.25) is 0 Å². The predicted octanol–water partition coefficient (Wildman–Crippen LogP) is 0.847. The molecule has 2 saturated heterocycles. The monoisotopic (exact) mass is 433 g/mol. The van der Waals surface area contributed by atoms with Gasteiger partial charge >= 0.3 is 0 Å². The summed E-state index contributed by atoms with van der Waals surface area (Å²) in [7, 11) is 0.